The lowest BCUT2D eigenvalue weighted by atomic mass is 9.97. The summed E-state index contributed by atoms with van der Waals surface area (Å²) in [4.78, 5) is 20.3. The first-order chi connectivity index (χ1) is 17.6. The molecule has 3 aliphatic heterocycles. The SMILES string of the molecule is CNC1C=C(C(=O)Nc2ccc(N3CCOCC3)cc2)Nc2c1cc(OC)cc2N1CCN(C)CC1. The summed E-state index contributed by atoms with van der Waals surface area (Å²) >= 11 is 0. The third kappa shape index (κ3) is 5.13. The standard InChI is InChI=1S/C27H36N6O3/c1-28-23-18-24(27(34)29-19-4-6-20(7-5-19)32-12-14-36-15-13-32)30-26-22(23)16-21(35-3)17-25(26)33-10-8-31(2)9-11-33/h4-7,16-18,23,28,30H,8-15H2,1-3H3,(H,29,34). The molecule has 3 N–H and O–H groups in total. The van der Waals surface area contributed by atoms with Crippen LogP contribution in [0.2, 0.25) is 0 Å². The van der Waals surface area contributed by atoms with Gasteiger partial charge in [0.1, 0.15) is 11.4 Å². The lowest BCUT2D eigenvalue weighted by Gasteiger charge is -2.37. The Morgan fingerprint density at radius 1 is 1.03 bits per heavy atom. The van der Waals surface area contributed by atoms with Gasteiger partial charge >= 0.3 is 0 Å². The second kappa shape index (κ2) is 10.8. The summed E-state index contributed by atoms with van der Waals surface area (Å²) in [6.45, 7) is 7.08. The Labute approximate surface area is 213 Å². The molecular formula is C27H36N6O3. The minimum atomic E-state index is -0.167. The fourth-order valence-corrected chi connectivity index (χ4v) is 5.00. The Bertz CT molecular complexity index is 1110. The molecule has 2 aromatic carbocycles. The van der Waals surface area contributed by atoms with E-state index < -0.39 is 0 Å². The number of likely N-dealkylation sites (N-methyl/N-ethyl adjacent to an activating group) is 2. The number of hydrogen-bond acceptors (Lipinski definition) is 8. The molecule has 5 rings (SSSR count). The Morgan fingerprint density at radius 2 is 1.75 bits per heavy atom. The van der Waals surface area contributed by atoms with Crippen molar-refractivity contribution >= 4 is 28.7 Å². The average Bonchev–Trinajstić information content (AvgIpc) is 2.93. The predicted octanol–water partition coefficient (Wildman–Crippen LogP) is 2.49. The van der Waals surface area contributed by atoms with Gasteiger partial charge in [0.2, 0.25) is 0 Å². The zero-order valence-corrected chi connectivity index (χ0v) is 21.3. The third-order valence-electron chi connectivity index (χ3n) is 7.19. The first-order valence-electron chi connectivity index (χ1n) is 12.6. The van der Waals surface area contributed by atoms with Crippen LogP contribution in [-0.4, -0.2) is 84.5 Å². The van der Waals surface area contributed by atoms with Gasteiger partial charge in [-0.25, -0.2) is 0 Å². The van der Waals surface area contributed by atoms with E-state index >= 15 is 0 Å². The van der Waals surface area contributed by atoms with Crippen molar-refractivity contribution in [3.05, 3.63) is 53.7 Å². The maximum Gasteiger partial charge on any atom is 0.271 e. The minimum Gasteiger partial charge on any atom is -0.497 e. The van der Waals surface area contributed by atoms with E-state index in [1.807, 2.05) is 43.5 Å². The molecule has 0 radical (unpaired) electrons. The number of carbonyl (C=O) groups excluding carboxylic acids is 1. The largest absolute Gasteiger partial charge is 0.497 e. The van der Waals surface area contributed by atoms with Crippen LogP contribution in [0.15, 0.2) is 48.2 Å². The van der Waals surface area contributed by atoms with Crippen molar-refractivity contribution in [2.45, 2.75) is 6.04 Å². The molecular weight excluding hydrogens is 456 g/mol. The zero-order valence-electron chi connectivity index (χ0n) is 21.3. The maximum absolute atomic E-state index is 13.3. The van der Waals surface area contributed by atoms with Crippen molar-refractivity contribution in [1.82, 2.24) is 10.2 Å². The molecule has 9 heteroatoms. The van der Waals surface area contributed by atoms with Gasteiger partial charge in [-0.15, -0.1) is 0 Å². The molecule has 0 spiro atoms. The number of ether oxygens (including phenoxy) is 2. The maximum atomic E-state index is 13.3. The second-order valence-electron chi connectivity index (χ2n) is 9.47. The van der Waals surface area contributed by atoms with Gasteiger partial charge in [-0.2, -0.15) is 0 Å². The van der Waals surface area contributed by atoms with Gasteiger partial charge in [0.25, 0.3) is 5.91 Å². The summed E-state index contributed by atoms with van der Waals surface area (Å²) in [6, 6.07) is 12.0. The van der Waals surface area contributed by atoms with E-state index in [1.165, 1.54) is 0 Å². The highest BCUT2D eigenvalue weighted by Gasteiger charge is 2.28. The lowest BCUT2D eigenvalue weighted by molar-refractivity contribution is -0.112. The normalized spacial score (nSPS) is 20.3. The molecule has 1 amide bonds. The number of anilines is 4. The van der Waals surface area contributed by atoms with Crippen molar-refractivity contribution < 1.29 is 14.3 Å². The Kier molecular flexibility index (Phi) is 7.31. The topological polar surface area (TPSA) is 81.3 Å². The van der Waals surface area contributed by atoms with Crippen molar-refractivity contribution in [3.63, 3.8) is 0 Å². The second-order valence-corrected chi connectivity index (χ2v) is 9.47. The smallest absolute Gasteiger partial charge is 0.271 e. The molecule has 0 bridgehead atoms. The van der Waals surface area contributed by atoms with Gasteiger partial charge in [-0.3, -0.25) is 4.79 Å². The Balaban J connectivity index is 1.36. The number of methoxy groups -OCH3 is 1. The summed E-state index contributed by atoms with van der Waals surface area (Å²) < 4.78 is 11.1. The molecule has 3 aliphatic rings. The number of hydrogen-bond donors (Lipinski definition) is 3. The monoisotopic (exact) mass is 492 g/mol. The third-order valence-corrected chi connectivity index (χ3v) is 7.19. The molecule has 2 saturated heterocycles. The quantitative estimate of drug-likeness (QED) is 0.568. The number of carbonyl (C=O) groups is 1. The number of benzene rings is 2. The van der Waals surface area contributed by atoms with E-state index in [2.05, 4.69) is 43.8 Å². The van der Waals surface area contributed by atoms with E-state index in [0.29, 0.717) is 5.70 Å². The van der Waals surface area contributed by atoms with E-state index in [-0.39, 0.29) is 11.9 Å². The summed E-state index contributed by atoms with van der Waals surface area (Å²) in [5, 5.41) is 9.85. The molecule has 2 aromatic rings. The van der Waals surface area contributed by atoms with Crippen molar-refractivity contribution in [2.75, 3.05) is 94.1 Å². The summed E-state index contributed by atoms with van der Waals surface area (Å²) in [5.41, 5.74) is 5.51. The molecule has 1 atom stereocenters. The van der Waals surface area contributed by atoms with Crippen LogP contribution in [0.1, 0.15) is 11.6 Å². The number of fused-ring (bicyclic) bond motifs is 1. The van der Waals surface area contributed by atoms with Gasteiger partial charge in [0.15, 0.2) is 0 Å². The van der Waals surface area contributed by atoms with Crippen molar-refractivity contribution in [3.8, 4) is 5.75 Å². The highest BCUT2D eigenvalue weighted by atomic mass is 16.5. The predicted molar refractivity (Wildman–Crippen MR) is 144 cm³/mol. The van der Waals surface area contributed by atoms with Crippen molar-refractivity contribution in [2.24, 2.45) is 0 Å². The van der Waals surface area contributed by atoms with Crippen LogP contribution in [-0.2, 0) is 9.53 Å². The van der Waals surface area contributed by atoms with E-state index in [1.54, 1.807) is 7.11 Å². The van der Waals surface area contributed by atoms with Gasteiger partial charge in [-0.05, 0) is 50.5 Å². The van der Waals surface area contributed by atoms with Crippen LogP contribution >= 0.6 is 0 Å². The molecule has 0 aromatic heterocycles. The molecule has 0 aliphatic carbocycles. The lowest BCUT2D eigenvalue weighted by Crippen LogP contribution is -2.45. The van der Waals surface area contributed by atoms with Gasteiger partial charge < -0.3 is 40.1 Å². The number of morpholine rings is 1. The molecule has 1 unspecified atom stereocenters. The van der Waals surface area contributed by atoms with Crippen LogP contribution in [0.5, 0.6) is 5.75 Å². The summed E-state index contributed by atoms with van der Waals surface area (Å²) in [6.07, 6.45) is 1.94. The van der Waals surface area contributed by atoms with Crippen LogP contribution in [0.3, 0.4) is 0 Å². The molecule has 36 heavy (non-hydrogen) atoms. The Hall–Kier alpha value is -3.27. The van der Waals surface area contributed by atoms with Gasteiger partial charge in [-0.1, -0.05) is 0 Å². The number of rotatable bonds is 6. The van der Waals surface area contributed by atoms with Crippen LogP contribution < -0.4 is 30.5 Å². The highest BCUT2D eigenvalue weighted by Crippen LogP contribution is 2.42. The first-order valence-corrected chi connectivity index (χ1v) is 12.6. The highest BCUT2D eigenvalue weighted by molar-refractivity contribution is 6.07. The fourth-order valence-electron chi connectivity index (χ4n) is 5.00. The number of nitrogens with zero attached hydrogens (tertiary/aromatic N) is 3. The summed E-state index contributed by atoms with van der Waals surface area (Å²) in [5.74, 6) is 0.645. The number of nitrogens with one attached hydrogen (secondary N) is 3. The molecule has 3 heterocycles. The van der Waals surface area contributed by atoms with Crippen molar-refractivity contribution in [1.29, 1.82) is 0 Å². The fraction of sp³-hybridized carbons (Fsp3) is 0.444. The first kappa shape index (κ1) is 24.4. The molecule has 192 valence electrons. The molecule has 9 nitrogen and oxygen atoms in total. The summed E-state index contributed by atoms with van der Waals surface area (Å²) in [7, 11) is 5.75. The average molecular weight is 493 g/mol. The van der Waals surface area contributed by atoms with Gasteiger partial charge in [0.05, 0.1) is 37.7 Å². The zero-order chi connectivity index (χ0) is 25.1. The minimum absolute atomic E-state index is 0.119. The van der Waals surface area contributed by atoms with Crippen LogP contribution in [0.4, 0.5) is 22.7 Å². The van der Waals surface area contributed by atoms with Crippen LogP contribution in [0, 0.1) is 0 Å². The van der Waals surface area contributed by atoms with E-state index in [4.69, 9.17) is 9.47 Å². The number of piperazine rings is 1. The number of amides is 1. The van der Waals surface area contributed by atoms with Crippen LogP contribution in [0.25, 0.3) is 0 Å². The Morgan fingerprint density at radius 3 is 2.42 bits per heavy atom. The van der Waals surface area contributed by atoms with E-state index in [0.717, 1.165) is 86.5 Å². The van der Waals surface area contributed by atoms with Gasteiger partial charge in [0, 0.05) is 62.3 Å². The molecule has 0 saturated carbocycles. The molecule has 2 fully saturated rings. The van der Waals surface area contributed by atoms with E-state index in [9.17, 15) is 4.79 Å².